The number of pyridine rings is 1. The summed E-state index contributed by atoms with van der Waals surface area (Å²) in [5.74, 6) is 1.10. The Balaban J connectivity index is 1.27. The lowest BCUT2D eigenvalue weighted by Gasteiger charge is -2.33. The van der Waals surface area contributed by atoms with E-state index in [0.717, 1.165) is 36.9 Å². The molecular formula is C30H30N6. The summed E-state index contributed by atoms with van der Waals surface area (Å²) in [5.41, 5.74) is 14.1. The Morgan fingerprint density at radius 1 is 0.917 bits per heavy atom. The van der Waals surface area contributed by atoms with Crippen molar-refractivity contribution in [3.05, 3.63) is 119 Å². The van der Waals surface area contributed by atoms with Crippen LogP contribution in [0.3, 0.4) is 0 Å². The minimum atomic E-state index is 0.125. The summed E-state index contributed by atoms with van der Waals surface area (Å²) < 4.78 is 0. The van der Waals surface area contributed by atoms with Gasteiger partial charge in [-0.25, -0.2) is 4.98 Å². The first kappa shape index (κ1) is 22.4. The number of nitrogens with zero attached hydrogens (tertiary/aromatic N) is 3. The number of nitrogen functional groups attached to an aromatic ring is 1. The van der Waals surface area contributed by atoms with Crippen molar-refractivity contribution in [1.29, 1.82) is 0 Å². The molecule has 6 heteroatoms. The summed E-state index contributed by atoms with van der Waals surface area (Å²) in [6.07, 6.45) is 3.09. The minimum absolute atomic E-state index is 0.125. The van der Waals surface area contributed by atoms with Crippen molar-refractivity contribution in [2.75, 3.05) is 12.3 Å². The number of benzene rings is 3. The zero-order valence-corrected chi connectivity index (χ0v) is 20.1. The first-order chi connectivity index (χ1) is 17.8. The second-order valence-corrected chi connectivity index (χ2v) is 9.64. The van der Waals surface area contributed by atoms with Crippen molar-refractivity contribution in [3.8, 4) is 0 Å². The number of fused-ring (bicyclic) bond motifs is 2. The summed E-state index contributed by atoms with van der Waals surface area (Å²) in [6.45, 7) is 0.863. The number of nitrogens with one attached hydrogen (secondary N) is 2. The number of hydrogen-bond donors (Lipinski definition) is 3. The lowest BCUT2D eigenvalue weighted by Crippen LogP contribution is -2.30. The quantitative estimate of drug-likeness (QED) is 0.289. The standard InChI is InChI=1S/C30H30N6/c31-28-19-26(29-30(33-28)35-36-34-29)24(21-11-5-2-6-12-21)15-16-32-27-18-23(20-9-3-1-4-10-20)17-22-13-7-8-14-25(22)27/h1-14,19,23-24,27,32H,15-18H2,(H3,31,33,34,35,36)/t23-,24?,27+/m0/s1. The summed E-state index contributed by atoms with van der Waals surface area (Å²) >= 11 is 0. The molecule has 2 heterocycles. The second-order valence-electron chi connectivity index (χ2n) is 9.64. The average molecular weight is 475 g/mol. The van der Waals surface area contributed by atoms with Gasteiger partial charge in [-0.2, -0.15) is 10.3 Å². The van der Waals surface area contributed by atoms with Crippen LogP contribution >= 0.6 is 0 Å². The molecule has 4 N–H and O–H groups in total. The minimum Gasteiger partial charge on any atom is -0.384 e. The molecule has 36 heavy (non-hydrogen) atoms. The van der Waals surface area contributed by atoms with Gasteiger partial charge in [-0.15, -0.1) is 5.10 Å². The van der Waals surface area contributed by atoms with Crippen LogP contribution in [0, 0.1) is 0 Å². The summed E-state index contributed by atoms with van der Waals surface area (Å²) in [5, 5.41) is 15.2. The molecular weight excluding hydrogens is 444 g/mol. The first-order valence-electron chi connectivity index (χ1n) is 12.6. The predicted molar refractivity (Wildman–Crippen MR) is 144 cm³/mol. The van der Waals surface area contributed by atoms with Gasteiger partial charge in [0.1, 0.15) is 11.3 Å². The fourth-order valence-electron chi connectivity index (χ4n) is 5.73. The van der Waals surface area contributed by atoms with Crippen molar-refractivity contribution < 1.29 is 0 Å². The fraction of sp³-hybridized carbons (Fsp3) is 0.233. The Labute approximate surface area is 211 Å². The van der Waals surface area contributed by atoms with Crippen molar-refractivity contribution in [2.45, 2.75) is 37.1 Å². The van der Waals surface area contributed by atoms with Crippen LogP contribution in [0.1, 0.15) is 58.5 Å². The van der Waals surface area contributed by atoms with Crippen LogP contribution < -0.4 is 11.1 Å². The normalized spacial score (nSPS) is 18.1. The smallest absolute Gasteiger partial charge is 0.203 e. The highest BCUT2D eigenvalue weighted by atomic mass is 15.3. The number of aromatic nitrogens is 4. The van der Waals surface area contributed by atoms with E-state index >= 15 is 0 Å². The van der Waals surface area contributed by atoms with E-state index in [1.54, 1.807) is 0 Å². The SMILES string of the molecule is Nc1cc(C(CCN[C@@H]2C[C@@H](c3ccccc3)Cc3ccccc32)c2ccccc2)c2n[nH]nc2n1. The molecule has 3 aromatic carbocycles. The van der Waals surface area contributed by atoms with Crippen molar-refractivity contribution in [2.24, 2.45) is 0 Å². The second kappa shape index (κ2) is 9.91. The lowest BCUT2D eigenvalue weighted by molar-refractivity contribution is 0.416. The third kappa shape index (κ3) is 4.48. The molecule has 0 amide bonds. The molecule has 0 bridgehead atoms. The van der Waals surface area contributed by atoms with E-state index < -0.39 is 0 Å². The third-order valence-corrected chi connectivity index (χ3v) is 7.43. The van der Waals surface area contributed by atoms with E-state index in [1.165, 1.54) is 22.3 Å². The van der Waals surface area contributed by atoms with Gasteiger partial charge in [-0.3, -0.25) is 0 Å². The zero-order chi connectivity index (χ0) is 24.3. The largest absolute Gasteiger partial charge is 0.384 e. The van der Waals surface area contributed by atoms with Gasteiger partial charge in [-0.1, -0.05) is 84.9 Å². The molecule has 0 fully saturated rings. The molecule has 0 saturated carbocycles. The molecule has 0 saturated heterocycles. The Morgan fingerprint density at radius 3 is 2.50 bits per heavy atom. The summed E-state index contributed by atoms with van der Waals surface area (Å²) in [4.78, 5) is 4.35. The third-order valence-electron chi connectivity index (χ3n) is 7.43. The van der Waals surface area contributed by atoms with E-state index in [9.17, 15) is 0 Å². The van der Waals surface area contributed by atoms with Crippen LogP contribution in [0.15, 0.2) is 91.0 Å². The number of hydrogen-bond acceptors (Lipinski definition) is 5. The van der Waals surface area contributed by atoms with Gasteiger partial charge >= 0.3 is 0 Å². The van der Waals surface area contributed by atoms with Gasteiger partial charge in [0.2, 0.25) is 5.65 Å². The average Bonchev–Trinajstić information content (AvgIpc) is 3.40. The molecule has 6 nitrogen and oxygen atoms in total. The highest BCUT2D eigenvalue weighted by Gasteiger charge is 2.28. The maximum Gasteiger partial charge on any atom is 0.203 e. The van der Waals surface area contributed by atoms with Crippen LogP contribution in [0.2, 0.25) is 0 Å². The molecule has 5 aromatic rings. The van der Waals surface area contributed by atoms with E-state index in [2.05, 4.69) is 105 Å². The Kier molecular flexibility index (Phi) is 6.18. The van der Waals surface area contributed by atoms with Crippen molar-refractivity contribution in [1.82, 2.24) is 25.7 Å². The first-order valence-corrected chi connectivity index (χ1v) is 12.6. The number of aromatic amines is 1. The summed E-state index contributed by atoms with van der Waals surface area (Å²) in [7, 11) is 0. The highest BCUT2D eigenvalue weighted by Crippen LogP contribution is 2.39. The van der Waals surface area contributed by atoms with Crippen LogP contribution in [-0.2, 0) is 6.42 Å². The number of nitrogens with two attached hydrogens (primary N) is 1. The molecule has 0 spiro atoms. The van der Waals surface area contributed by atoms with E-state index in [-0.39, 0.29) is 5.92 Å². The molecule has 1 unspecified atom stereocenters. The number of H-pyrrole nitrogens is 1. The van der Waals surface area contributed by atoms with Crippen LogP contribution in [-0.4, -0.2) is 26.9 Å². The van der Waals surface area contributed by atoms with Gasteiger partial charge in [0, 0.05) is 12.0 Å². The lowest BCUT2D eigenvalue weighted by atomic mass is 9.77. The Bertz CT molecular complexity index is 1450. The molecule has 2 aromatic heterocycles. The van der Waals surface area contributed by atoms with E-state index in [0.29, 0.717) is 23.4 Å². The zero-order valence-electron chi connectivity index (χ0n) is 20.1. The van der Waals surface area contributed by atoms with Gasteiger partial charge < -0.3 is 11.1 Å². The monoisotopic (exact) mass is 474 g/mol. The van der Waals surface area contributed by atoms with E-state index in [4.69, 9.17) is 5.73 Å². The molecule has 6 rings (SSSR count). The van der Waals surface area contributed by atoms with E-state index in [1.807, 2.05) is 12.1 Å². The topological polar surface area (TPSA) is 92.5 Å². The predicted octanol–water partition coefficient (Wildman–Crippen LogP) is 5.52. The molecule has 3 atom stereocenters. The molecule has 0 radical (unpaired) electrons. The van der Waals surface area contributed by atoms with Crippen LogP contribution in [0.4, 0.5) is 5.82 Å². The van der Waals surface area contributed by atoms with Crippen LogP contribution in [0.25, 0.3) is 11.2 Å². The van der Waals surface area contributed by atoms with Crippen LogP contribution in [0.5, 0.6) is 0 Å². The Morgan fingerprint density at radius 2 is 1.67 bits per heavy atom. The van der Waals surface area contributed by atoms with Gasteiger partial charge in [0.05, 0.1) is 0 Å². The molecule has 180 valence electrons. The van der Waals surface area contributed by atoms with Crippen molar-refractivity contribution >= 4 is 17.0 Å². The Hall–Kier alpha value is -4.03. The maximum atomic E-state index is 6.16. The van der Waals surface area contributed by atoms with Crippen molar-refractivity contribution in [3.63, 3.8) is 0 Å². The van der Waals surface area contributed by atoms with Gasteiger partial charge in [0.25, 0.3) is 0 Å². The molecule has 0 aliphatic heterocycles. The number of anilines is 1. The molecule has 1 aliphatic rings. The number of rotatable bonds is 7. The molecule has 1 aliphatic carbocycles. The van der Waals surface area contributed by atoms with Gasteiger partial charge in [-0.05, 0) is 65.6 Å². The maximum absolute atomic E-state index is 6.16. The fourth-order valence-corrected chi connectivity index (χ4v) is 5.73. The highest BCUT2D eigenvalue weighted by molar-refractivity contribution is 5.77. The summed E-state index contributed by atoms with van der Waals surface area (Å²) in [6, 6.07) is 32.6. The van der Waals surface area contributed by atoms with Gasteiger partial charge in [0.15, 0.2) is 0 Å².